The van der Waals surface area contributed by atoms with Crippen LogP contribution in [0.1, 0.15) is 96.8 Å². The van der Waals surface area contributed by atoms with Crippen LogP contribution in [0.2, 0.25) is 0 Å². The summed E-state index contributed by atoms with van der Waals surface area (Å²) in [5, 5.41) is 0. The zero-order chi connectivity index (χ0) is 20.0. The normalized spacial score (nSPS) is 25.9. The molecule has 0 N–H and O–H groups in total. The fraction of sp³-hybridized carbons (Fsp3) is 1.00. The molecule has 0 unspecified atom stereocenters. The molecule has 0 aromatic heterocycles. The first-order valence-corrected chi connectivity index (χ1v) is 13.6. The molecule has 0 radical (unpaired) electrons. The van der Waals surface area contributed by atoms with Gasteiger partial charge in [0.15, 0.2) is 0 Å². The molecule has 27 heavy (non-hydrogen) atoms. The zero-order valence-corrected chi connectivity index (χ0v) is 19.6. The molecular weight excluding hydrogens is 357 g/mol. The summed E-state index contributed by atoms with van der Waals surface area (Å²) >= 11 is 0. The Bertz CT molecular complexity index is 414. The van der Waals surface area contributed by atoms with E-state index >= 15 is 0 Å². The van der Waals surface area contributed by atoms with Crippen LogP contribution in [0.25, 0.3) is 0 Å². The average molecular weight is 405 g/mol. The molecule has 1 fully saturated rings. The predicted octanol–water partition coefficient (Wildman–Crippen LogP) is 6.78. The third-order valence-electron chi connectivity index (χ3n) is 5.69. The molecule has 0 amide bonds. The van der Waals surface area contributed by atoms with E-state index in [4.69, 9.17) is 9.05 Å². The van der Waals surface area contributed by atoms with Gasteiger partial charge in [-0.2, -0.15) is 0 Å². The van der Waals surface area contributed by atoms with E-state index in [1.165, 1.54) is 83.5 Å². The molecule has 1 saturated heterocycles. The molecule has 0 spiro atoms. The Kier molecular flexibility index (Phi) is 13.2. The van der Waals surface area contributed by atoms with Crippen molar-refractivity contribution in [3.05, 3.63) is 0 Å². The fourth-order valence-electron chi connectivity index (χ4n) is 3.96. The number of unbranched alkanes of at least 4 members (excludes halogenated alkanes) is 12. The zero-order valence-electron chi connectivity index (χ0n) is 18.7. The van der Waals surface area contributed by atoms with Crippen molar-refractivity contribution in [1.29, 1.82) is 0 Å². The summed E-state index contributed by atoms with van der Waals surface area (Å²) in [6.45, 7) is 6.25. The van der Waals surface area contributed by atoms with E-state index in [-0.39, 0.29) is 6.10 Å². The smallest absolute Gasteiger partial charge is 0.324 e. The third kappa shape index (κ3) is 13.8. The predicted molar refractivity (Wildman–Crippen MR) is 117 cm³/mol. The molecule has 162 valence electrons. The van der Waals surface area contributed by atoms with Gasteiger partial charge in [-0.1, -0.05) is 90.4 Å². The monoisotopic (exact) mass is 404 g/mol. The minimum absolute atomic E-state index is 0.0591. The number of rotatable bonds is 14. The van der Waals surface area contributed by atoms with Gasteiger partial charge in [0.1, 0.15) is 25.8 Å². The maximum atomic E-state index is 12.3. The molecule has 0 bridgehead atoms. The van der Waals surface area contributed by atoms with Crippen molar-refractivity contribution in [2.24, 2.45) is 0 Å². The van der Waals surface area contributed by atoms with Crippen LogP contribution in [-0.2, 0) is 13.6 Å². The fourth-order valence-corrected chi connectivity index (χ4v) is 5.15. The molecule has 1 aliphatic rings. The molecular formula is C22H47NO3P+. The number of nitrogens with zero attached hydrogens (tertiary/aromatic N) is 1. The van der Waals surface area contributed by atoms with Crippen LogP contribution < -0.4 is 0 Å². The molecule has 5 heteroatoms. The van der Waals surface area contributed by atoms with Gasteiger partial charge in [-0.3, -0.25) is 9.09 Å². The molecule has 1 heterocycles. The van der Waals surface area contributed by atoms with Gasteiger partial charge in [0.2, 0.25) is 0 Å². The van der Waals surface area contributed by atoms with Crippen LogP contribution in [-0.4, -0.2) is 51.0 Å². The molecule has 0 aliphatic carbocycles. The van der Waals surface area contributed by atoms with E-state index in [1.807, 2.05) is 0 Å². The molecule has 0 aromatic carbocycles. The van der Waals surface area contributed by atoms with Crippen LogP contribution >= 0.6 is 7.60 Å². The standard InChI is InChI=1S/C22H47NO3P/c1-5-6-7-8-9-10-11-12-13-14-15-16-17-18-22-21-23(2,3)19-20-25-27(4,24)26-22/h22H,5-21H2,1-4H3/q+1/t22-,27+/m1/s1. The molecule has 4 nitrogen and oxygen atoms in total. The Labute approximate surface area is 169 Å². The molecule has 0 aromatic rings. The first-order valence-electron chi connectivity index (χ1n) is 11.6. The molecule has 1 aliphatic heterocycles. The highest BCUT2D eigenvalue weighted by Crippen LogP contribution is 2.46. The second kappa shape index (κ2) is 14.1. The highest BCUT2D eigenvalue weighted by atomic mass is 31.2. The average Bonchev–Trinajstić information content (AvgIpc) is 2.56. The van der Waals surface area contributed by atoms with E-state index in [2.05, 4.69) is 21.0 Å². The van der Waals surface area contributed by atoms with Crippen LogP contribution in [0.5, 0.6) is 0 Å². The Morgan fingerprint density at radius 2 is 1.33 bits per heavy atom. The van der Waals surface area contributed by atoms with Gasteiger partial charge in [0.05, 0.1) is 14.1 Å². The second-order valence-electron chi connectivity index (χ2n) is 9.21. The van der Waals surface area contributed by atoms with E-state index in [0.29, 0.717) is 6.61 Å². The van der Waals surface area contributed by atoms with Crippen molar-refractivity contribution < 1.29 is 18.1 Å². The molecule has 2 atom stereocenters. The molecule has 1 rings (SSSR count). The van der Waals surface area contributed by atoms with E-state index in [0.717, 1.165) is 24.0 Å². The first kappa shape index (κ1) is 25.1. The van der Waals surface area contributed by atoms with Crippen molar-refractivity contribution in [2.75, 3.05) is 40.5 Å². The number of hydrogen-bond acceptors (Lipinski definition) is 3. The van der Waals surface area contributed by atoms with Gasteiger partial charge < -0.3 is 9.01 Å². The summed E-state index contributed by atoms with van der Waals surface area (Å²) < 4.78 is 24.5. The summed E-state index contributed by atoms with van der Waals surface area (Å²) in [5.74, 6) is 0. The summed E-state index contributed by atoms with van der Waals surface area (Å²) in [5.41, 5.74) is 0. The first-order chi connectivity index (χ1) is 12.8. The van der Waals surface area contributed by atoms with Crippen molar-refractivity contribution >= 4 is 7.60 Å². The van der Waals surface area contributed by atoms with E-state index < -0.39 is 7.60 Å². The van der Waals surface area contributed by atoms with E-state index in [1.54, 1.807) is 6.66 Å². The Balaban J connectivity index is 2.02. The van der Waals surface area contributed by atoms with Crippen molar-refractivity contribution in [3.63, 3.8) is 0 Å². The van der Waals surface area contributed by atoms with Gasteiger partial charge >= 0.3 is 7.60 Å². The quantitative estimate of drug-likeness (QED) is 0.182. The lowest BCUT2D eigenvalue weighted by Crippen LogP contribution is -2.48. The molecule has 0 saturated carbocycles. The second-order valence-corrected chi connectivity index (χ2v) is 11.2. The van der Waals surface area contributed by atoms with Crippen molar-refractivity contribution in [2.45, 2.75) is 103 Å². The summed E-state index contributed by atoms with van der Waals surface area (Å²) in [4.78, 5) is 0. The summed E-state index contributed by atoms with van der Waals surface area (Å²) in [6, 6.07) is 0. The lowest BCUT2D eigenvalue weighted by Gasteiger charge is -2.36. The SMILES string of the molecule is CCCCCCCCCCCCCCC[C@@H]1C[N+](C)(C)CCO[P@](C)(=O)O1. The van der Waals surface area contributed by atoms with Gasteiger partial charge in [-0.15, -0.1) is 0 Å². The summed E-state index contributed by atoms with van der Waals surface area (Å²) in [7, 11) is 1.54. The Morgan fingerprint density at radius 1 is 0.852 bits per heavy atom. The van der Waals surface area contributed by atoms with Gasteiger partial charge in [-0.05, 0) is 6.42 Å². The number of quaternary nitrogens is 1. The minimum atomic E-state index is -2.87. The lowest BCUT2D eigenvalue weighted by molar-refractivity contribution is -0.893. The van der Waals surface area contributed by atoms with Crippen LogP contribution in [0.4, 0.5) is 0 Å². The number of likely N-dealkylation sites (N-methyl/N-ethyl adjacent to an activating group) is 1. The van der Waals surface area contributed by atoms with Gasteiger partial charge in [0, 0.05) is 6.66 Å². The Hall–Kier alpha value is 0.110. The van der Waals surface area contributed by atoms with Crippen LogP contribution in [0.15, 0.2) is 0 Å². The van der Waals surface area contributed by atoms with Crippen molar-refractivity contribution in [1.82, 2.24) is 0 Å². The highest BCUT2D eigenvalue weighted by molar-refractivity contribution is 7.53. The maximum absolute atomic E-state index is 12.3. The maximum Gasteiger partial charge on any atom is 0.328 e. The Morgan fingerprint density at radius 3 is 1.85 bits per heavy atom. The lowest BCUT2D eigenvalue weighted by atomic mass is 10.0. The third-order valence-corrected chi connectivity index (χ3v) is 7.02. The minimum Gasteiger partial charge on any atom is -0.324 e. The van der Waals surface area contributed by atoms with Gasteiger partial charge in [-0.25, -0.2) is 0 Å². The van der Waals surface area contributed by atoms with Crippen LogP contribution in [0, 0.1) is 0 Å². The number of hydrogen-bond donors (Lipinski definition) is 0. The summed E-state index contributed by atoms with van der Waals surface area (Å²) in [6.07, 6.45) is 18.8. The largest absolute Gasteiger partial charge is 0.328 e. The van der Waals surface area contributed by atoms with E-state index in [9.17, 15) is 4.57 Å². The van der Waals surface area contributed by atoms with Crippen molar-refractivity contribution in [3.8, 4) is 0 Å². The highest BCUT2D eigenvalue weighted by Gasteiger charge is 2.32. The van der Waals surface area contributed by atoms with Crippen LogP contribution in [0.3, 0.4) is 0 Å². The van der Waals surface area contributed by atoms with Gasteiger partial charge in [0.25, 0.3) is 0 Å². The topological polar surface area (TPSA) is 35.5 Å².